The number of aliphatic hydroxyl groups is 1. The Morgan fingerprint density at radius 1 is 0.284 bits per heavy atom. The molecule has 0 heterocycles. The smallest absolute Gasteiger partial charge is 0.462 e. The van der Waals surface area contributed by atoms with Crippen LogP contribution in [0.1, 0.15) is 395 Å². The Kier molecular flexibility index (Phi) is 66.5. The van der Waals surface area contributed by atoms with Crippen molar-refractivity contribution in [1.82, 2.24) is 0 Å². The summed E-state index contributed by atoms with van der Waals surface area (Å²) in [6.45, 7) is 9.53. The maximum atomic E-state index is 13.1. The molecule has 19 heteroatoms. The van der Waals surface area contributed by atoms with Gasteiger partial charge in [0.05, 0.1) is 26.4 Å². The van der Waals surface area contributed by atoms with Gasteiger partial charge >= 0.3 is 39.5 Å². The maximum absolute atomic E-state index is 13.1. The molecule has 0 radical (unpaired) electrons. The van der Waals surface area contributed by atoms with Crippen LogP contribution in [0.2, 0.25) is 0 Å². The van der Waals surface area contributed by atoms with E-state index in [1.54, 1.807) is 0 Å². The molecule has 0 aliphatic rings. The number of esters is 4. The minimum atomic E-state index is -4.96. The van der Waals surface area contributed by atoms with Gasteiger partial charge in [-0.3, -0.25) is 37.3 Å². The highest BCUT2D eigenvalue weighted by Crippen LogP contribution is 2.45. The fourth-order valence-corrected chi connectivity index (χ4v) is 13.2. The zero-order chi connectivity index (χ0) is 70.0. The Morgan fingerprint density at radius 3 is 0.716 bits per heavy atom. The zero-order valence-corrected chi connectivity index (χ0v) is 63.8. The van der Waals surface area contributed by atoms with Gasteiger partial charge in [-0.25, -0.2) is 9.13 Å². The standard InChI is InChI=1S/C76H148O17P2/c1-7-9-11-13-15-17-19-20-21-22-23-24-29-33-37-41-49-55-61-76(81)92-71(64-86-73(78)58-52-46-39-35-32-28-26-25-27-31-34-38-44-50-56-68(3)4)66-90-94(82,83)88-62-70(77)63-89-95(84,85)91-67-72(65-87-74(79)59-53-47-43-42-45-51-57-69(5)6)93-75(80)60-54-48-40-36-30-18-16-14-12-10-8-2/h68-72,77H,7-67H2,1-6H3,(H,82,83)(H,84,85)/t70-,71-,72-/m1/s1. The molecule has 5 atom stereocenters. The number of aliphatic hydroxyl groups excluding tert-OH is 1. The van der Waals surface area contributed by atoms with Crippen molar-refractivity contribution < 1.29 is 80.2 Å². The van der Waals surface area contributed by atoms with Gasteiger partial charge in [0, 0.05) is 25.7 Å². The molecule has 0 rings (SSSR count). The van der Waals surface area contributed by atoms with Gasteiger partial charge in [0.15, 0.2) is 12.2 Å². The van der Waals surface area contributed by atoms with Crippen molar-refractivity contribution in [3.8, 4) is 0 Å². The minimum Gasteiger partial charge on any atom is -0.462 e. The van der Waals surface area contributed by atoms with Crippen LogP contribution in [0, 0.1) is 11.8 Å². The molecule has 0 aliphatic heterocycles. The second-order valence-electron chi connectivity index (χ2n) is 28.3. The Hall–Kier alpha value is -1.94. The number of phosphoric ester groups is 2. The lowest BCUT2D eigenvalue weighted by atomic mass is 10.0. The second-order valence-corrected chi connectivity index (χ2v) is 31.3. The van der Waals surface area contributed by atoms with Gasteiger partial charge in [0.1, 0.15) is 19.3 Å². The molecule has 0 aromatic carbocycles. The monoisotopic (exact) mass is 1400 g/mol. The average Bonchev–Trinajstić information content (AvgIpc) is 1.83. The van der Waals surface area contributed by atoms with Crippen LogP contribution in [-0.2, 0) is 65.4 Å². The van der Waals surface area contributed by atoms with Gasteiger partial charge in [0.25, 0.3) is 0 Å². The summed E-state index contributed by atoms with van der Waals surface area (Å²) in [7, 11) is -9.91. The van der Waals surface area contributed by atoms with Gasteiger partial charge in [-0.05, 0) is 37.5 Å². The highest BCUT2D eigenvalue weighted by molar-refractivity contribution is 7.47. The van der Waals surface area contributed by atoms with Gasteiger partial charge in [-0.2, -0.15) is 0 Å². The van der Waals surface area contributed by atoms with Crippen LogP contribution in [0.3, 0.4) is 0 Å². The van der Waals surface area contributed by atoms with Crippen LogP contribution in [-0.4, -0.2) is 96.7 Å². The highest BCUT2D eigenvalue weighted by atomic mass is 31.2. The average molecular weight is 1400 g/mol. The number of unbranched alkanes of at least 4 members (excludes halogenated alkanes) is 45. The largest absolute Gasteiger partial charge is 0.472 e. The maximum Gasteiger partial charge on any atom is 0.472 e. The first-order chi connectivity index (χ1) is 45.9. The summed E-state index contributed by atoms with van der Waals surface area (Å²) in [4.78, 5) is 72.7. The molecule has 0 aromatic rings. The van der Waals surface area contributed by atoms with E-state index in [2.05, 4.69) is 41.5 Å². The third-order valence-corrected chi connectivity index (χ3v) is 19.6. The molecule has 0 saturated carbocycles. The number of phosphoric acid groups is 2. The molecule has 17 nitrogen and oxygen atoms in total. The van der Waals surface area contributed by atoms with Gasteiger partial charge in [-0.1, -0.05) is 343 Å². The molecule has 0 amide bonds. The first kappa shape index (κ1) is 93.1. The Bertz CT molecular complexity index is 1840. The van der Waals surface area contributed by atoms with Crippen LogP contribution in [0.4, 0.5) is 0 Å². The molecule has 564 valence electrons. The normalized spacial score (nSPS) is 14.0. The highest BCUT2D eigenvalue weighted by Gasteiger charge is 2.30. The van der Waals surface area contributed by atoms with Crippen molar-refractivity contribution in [2.75, 3.05) is 39.6 Å². The third kappa shape index (κ3) is 70.3. The van der Waals surface area contributed by atoms with E-state index in [4.69, 9.17) is 37.0 Å². The van der Waals surface area contributed by atoms with Crippen molar-refractivity contribution >= 4 is 39.5 Å². The van der Waals surface area contributed by atoms with Crippen molar-refractivity contribution in [2.45, 2.75) is 413 Å². The summed E-state index contributed by atoms with van der Waals surface area (Å²) in [5, 5.41) is 10.6. The molecule has 0 bridgehead atoms. The summed E-state index contributed by atoms with van der Waals surface area (Å²) in [5.74, 6) is -0.638. The molecule has 0 aliphatic carbocycles. The number of ether oxygens (including phenoxy) is 4. The predicted octanol–water partition coefficient (Wildman–Crippen LogP) is 22.3. The van der Waals surface area contributed by atoms with Gasteiger partial charge in [0.2, 0.25) is 0 Å². The number of rotatable bonds is 75. The molecule has 0 fully saturated rings. The van der Waals surface area contributed by atoms with Crippen LogP contribution >= 0.6 is 15.6 Å². The fourth-order valence-electron chi connectivity index (χ4n) is 11.7. The van der Waals surface area contributed by atoms with Crippen LogP contribution in [0.15, 0.2) is 0 Å². The molecule has 2 unspecified atom stereocenters. The summed E-state index contributed by atoms with van der Waals surface area (Å²) < 4.78 is 68.5. The van der Waals surface area contributed by atoms with Crippen LogP contribution < -0.4 is 0 Å². The van der Waals surface area contributed by atoms with Gasteiger partial charge < -0.3 is 33.8 Å². The summed E-state index contributed by atoms with van der Waals surface area (Å²) in [6.07, 6.45) is 55.6. The quantitative estimate of drug-likeness (QED) is 0.0222. The molecular formula is C76H148O17P2. The summed E-state index contributed by atoms with van der Waals surface area (Å²) in [5.41, 5.74) is 0. The molecule has 95 heavy (non-hydrogen) atoms. The van der Waals surface area contributed by atoms with E-state index in [1.807, 2.05) is 0 Å². The van der Waals surface area contributed by atoms with Gasteiger partial charge in [-0.15, -0.1) is 0 Å². The zero-order valence-electron chi connectivity index (χ0n) is 62.0. The Balaban J connectivity index is 5.21. The predicted molar refractivity (Wildman–Crippen MR) is 386 cm³/mol. The van der Waals surface area contributed by atoms with Crippen LogP contribution in [0.5, 0.6) is 0 Å². The lowest BCUT2D eigenvalue weighted by Crippen LogP contribution is -2.30. The molecule has 3 N–H and O–H groups in total. The molecular weight excluding hydrogens is 1250 g/mol. The van der Waals surface area contributed by atoms with Crippen molar-refractivity contribution in [1.29, 1.82) is 0 Å². The molecule has 0 aromatic heterocycles. The van der Waals surface area contributed by atoms with Crippen molar-refractivity contribution in [3.63, 3.8) is 0 Å². The first-order valence-corrected chi connectivity index (χ1v) is 42.5. The van der Waals surface area contributed by atoms with Crippen LogP contribution in [0.25, 0.3) is 0 Å². The first-order valence-electron chi connectivity index (χ1n) is 39.5. The van der Waals surface area contributed by atoms with E-state index in [-0.39, 0.29) is 25.7 Å². The van der Waals surface area contributed by atoms with E-state index in [9.17, 15) is 43.2 Å². The summed E-state index contributed by atoms with van der Waals surface area (Å²) >= 11 is 0. The number of carbonyl (C=O) groups excluding carboxylic acids is 4. The summed E-state index contributed by atoms with van der Waals surface area (Å²) in [6, 6.07) is 0. The van der Waals surface area contributed by atoms with Crippen molar-refractivity contribution in [2.24, 2.45) is 11.8 Å². The van der Waals surface area contributed by atoms with E-state index in [1.165, 1.54) is 205 Å². The minimum absolute atomic E-state index is 0.106. The lowest BCUT2D eigenvalue weighted by molar-refractivity contribution is -0.161. The molecule has 0 saturated heterocycles. The third-order valence-electron chi connectivity index (χ3n) is 17.7. The number of hydrogen-bond acceptors (Lipinski definition) is 15. The number of carbonyl (C=O) groups is 4. The lowest BCUT2D eigenvalue weighted by Gasteiger charge is -2.21. The van der Waals surface area contributed by atoms with E-state index >= 15 is 0 Å². The fraction of sp³-hybridized carbons (Fsp3) is 0.947. The second kappa shape index (κ2) is 67.9. The Labute approximate surface area is 581 Å². The Morgan fingerprint density at radius 2 is 0.484 bits per heavy atom. The van der Waals surface area contributed by atoms with E-state index in [0.29, 0.717) is 31.6 Å². The SMILES string of the molecule is CCCCCCCCCCCCCCCCCCCCC(=O)O[C@H](COC(=O)CCCCCCCCCCCCCCCCC(C)C)COP(=O)(O)OC[C@@H](O)COP(=O)(O)OC[C@@H](COC(=O)CCCCCCCCC(C)C)OC(=O)CCCCCCCCCCCCC. The topological polar surface area (TPSA) is 237 Å². The van der Waals surface area contributed by atoms with E-state index < -0.39 is 97.5 Å². The van der Waals surface area contributed by atoms with Crippen molar-refractivity contribution in [3.05, 3.63) is 0 Å². The van der Waals surface area contributed by atoms with E-state index in [0.717, 1.165) is 102 Å². The molecule has 0 spiro atoms. The number of hydrogen-bond donors (Lipinski definition) is 3.